The highest BCUT2D eigenvalue weighted by Gasteiger charge is 2.54. The van der Waals surface area contributed by atoms with Crippen molar-refractivity contribution in [3.8, 4) is 22.3 Å². The molecule has 0 bridgehead atoms. The van der Waals surface area contributed by atoms with E-state index in [0.29, 0.717) is 6.67 Å². The monoisotopic (exact) mass is 609 g/mol. The fourth-order valence-corrected chi connectivity index (χ4v) is 8.45. The van der Waals surface area contributed by atoms with Crippen molar-refractivity contribution in [1.29, 1.82) is 0 Å². The minimum atomic E-state index is -0.777. The van der Waals surface area contributed by atoms with E-state index in [1.165, 1.54) is 0 Å². The summed E-state index contributed by atoms with van der Waals surface area (Å²) < 4.78 is 0. The summed E-state index contributed by atoms with van der Waals surface area (Å²) in [5.41, 5.74) is 11.6. The SMILES string of the molecule is CN1CN(C2(c3cccc(C4(c5ccn[nH]5)c5cnccc5-c5ccncc54)c3)c3cnccc3-c3ccncc32)c2ncccc21. The van der Waals surface area contributed by atoms with E-state index < -0.39 is 11.0 Å². The summed E-state index contributed by atoms with van der Waals surface area (Å²) in [6.07, 6.45) is 19.2. The van der Waals surface area contributed by atoms with Crippen LogP contribution in [0.5, 0.6) is 0 Å². The molecular weight excluding hydrogens is 582 g/mol. The fraction of sp³-hybridized carbons (Fsp3) is 0.105. The van der Waals surface area contributed by atoms with Gasteiger partial charge in [-0.05, 0) is 87.0 Å². The first kappa shape index (κ1) is 26.0. The topological polar surface area (TPSA) is 99.6 Å². The normalized spacial score (nSPS) is 15.9. The van der Waals surface area contributed by atoms with Crippen LogP contribution >= 0.6 is 0 Å². The van der Waals surface area contributed by atoms with Crippen LogP contribution in [0.25, 0.3) is 22.3 Å². The lowest BCUT2D eigenvalue weighted by molar-refractivity contribution is 0.574. The molecule has 0 amide bonds. The van der Waals surface area contributed by atoms with Gasteiger partial charge in [0.05, 0.1) is 23.5 Å². The van der Waals surface area contributed by atoms with E-state index in [2.05, 4.69) is 97.7 Å². The Morgan fingerprint density at radius 3 is 1.83 bits per heavy atom. The van der Waals surface area contributed by atoms with E-state index in [9.17, 15) is 0 Å². The maximum atomic E-state index is 4.98. The smallest absolute Gasteiger partial charge is 0.154 e. The van der Waals surface area contributed by atoms with Crippen molar-refractivity contribution in [2.75, 3.05) is 23.5 Å². The van der Waals surface area contributed by atoms with Gasteiger partial charge in [-0.1, -0.05) is 24.3 Å². The van der Waals surface area contributed by atoms with Crippen LogP contribution in [0.15, 0.2) is 129 Å². The summed E-state index contributed by atoms with van der Waals surface area (Å²) in [5.74, 6) is 0.917. The van der Waals surface area contributed by atoms with Crippen LogP contribution in [0, 0.1) is 0 Å². The lowest BCUT2D eigenvalue weighted by Gasteiger charge is -2.42. The molecule has 224 valence electrons. The van der Waals surface area contributed by atoms with Gasteiger partial charge >= 0.3 is 0 Å². The lowest BCUT2D eigenvalue weighted by atomic mass is 9.69. The quantitative estimate of drug-likeness (QED) is 0.262. The van der Waals surface area contributed by atoms with Crippen molar-refractivity contribution < 1.29 is 0 Å². The molecule has 9 heteroatoms. The highest BCUT2D eigenvalue weighted by Crippen LogP contribution is 2.59. The second kappa shape index (κ2) is 9.40. The number of benzene rings is 1. The maximum Gasteiger partial charge on any atom is 0.154 e. The zero-order valence-electron chi connectivity index (χ0n) is 25.4. The van der Waals surface area contributed by atoms with Crippen molar-refractivity contribution in [3.05, 3.63) is 168 Å². The number of H-pyrrole nitrogens is 1. The molecule has 1 aliphatic heterocycles. The van der Waals surface area contributed by atoms with Crippen LogP contribution in [0.2, 0.25) is 0 Å². The molecule has 3 aliphatic rings. The second-order valence-corrected chi connectivity index (χ2v) is 12.3. The molecule has 10 rings (SSSR count). The predicted molar refractivity (Wildman–Crippen MR) is 179 cm³/mol. The largest absolute Gasteiger partial charge is 0.354 e. The predicted octanol–water partition coefficient (Wildman–Crippen LogP) is 5.93. The van der Waals surface area contributed by atoms with E-state index in [-0.39, 0.29) is 0 Å². The summed E-state index contributed by atoms with van der Waals surface area (Å²) in [7, 11) is 2.12. The summed E-state index contributed by atoms with van der Waals surface area (Å²) in [6, 6.07) is 23.6. The number of aromatic nitrogens is 7. The van der Waals surface area contributed by atoms with Crippen LogP contribution in [0.4, 0.5) is 11.5 Å². The van der Waals surface area contributed by atoms with Gasteiger partial charge in [0, 0.05) is 80.1 Å². The van der Waals surface area contributed by atoms with E-state index in [0.717, 1.165) is 72.8 Å². The first-order valence-corrected chi connectivity index (χ1v) is 15.6. The van der Waals surface area contributed by atoms with Crippen LogP contribution in [0.1, 0.15) is 39.1 Å². The Bertz CT molecular complexity index is 2260. The summed E-state index contributed by atoms with van der Waals surface area (Å²) in [6.45, 7) is 0.629. The van der Waals surface area contributed by atoms with E-state index in [4.69, 9.17) is 15.0 Å². The van der Waals surface area contributed by atoms with E-state index in [1.54, 1.807) is 0 Å². The first-order chi connectivity index (χ1) is 23.2. The Morgan fingerprint density at radius 2 is 1.21 bits per heavy atom. The van der Waals surface area contributed by atoms with Crippen molar-refractivity contribution >= 4 is 11.5 Å². The zero-order valence-corrected chi connectivity index (χ0v) is 25.4. The molecule has 0 spiro atoms. The van der Waals surface area contributed by atoms with Gasteiger partial charge in [-0.3, -0.25) is 25.0 Å². The number of rotatable bonds is 4. The molecule has 7 heterocycles. The molecule has 6 aromatic heterocycles. The number of anilines is 2. The van der Waals surface area contributed by atoms with Gasteiger partial charge in [-0.2, -0.15) is 5.10 Å². The third kappa shape index (κ3) is 3.17. The number of nitrogens with one attached hydrogen (secondary N) is 1. The molecule has 7 aromatic rings. The van der Waals surface area contributed by atoms with Crippen molar-refractivity contribution in [1.82, 2.24) is 35.1 Å². The molecule has 47 heavy (non-hydrogen) atoms. The van der Waals surface area contributed by atoms with Crippen LogP contribution in [-0.4, -0.2) is 48.8 Å². The van der Waals surface area contributed by atoms with Crippen LogP contribution < -0.4 is 9.80 Å². The fourth-order valence-electron chi connectivity index (χ4n) is 8.45. The van der Waals surface area contributed by atoms with Gasteiger partial charge < -0.3 is 9.80 Å². The Kier molecular flexibility index (Phi) is 5.21. The highest BCUT2D eigenvalue weighted by molar-refractivity contribution is 5.89. The number of fused-ring (bicyclic) bond motifs is 7. The Balaban J connectivity index is 1.32. The Morgan fingerprint density at radius 1 is 0.617 bits per heavy atom. The number of hydrogen-bond donors (Lipinski definition) is 1. The molecule has 0 radical (unpaired) electrons. The lowest BCUT2D eigenvalue weighted by Crippen LogP contribution is -2.48. The molecule has 2 aliphatic carbocycles. The third-order valence-electron chi connectivity index (χ3n) is 10.3. The standard InChI is InChI=1S/C38H27N9/c1-46-23-47(36-34(46)6-3-12-43-36)38(32-21-41-15-9-28(32)29-10-16-42-22-33(29)38)25-5-2-4-24(18-25)37(35-11-17-44-45-35)30-19-39-13-7-26(30)27-8-14-40-20-31(27)37/h2-22H,23H2,1H3,(H,44,45). The van der Waals surface area contributed by atoms with Gasteiger partial charge in [0.1, 0.15) is 5.54 Å². The van der Waals surface area contributed by atoms with Gasteiger partial charge in [-0.25, -0.2) is 4.98 Å². The molecule has 0 fully saturated rings. The molecule has 0 saturated carbocycles. The van der Waals surface area contributed by atoms with Gasteiger partial charge in [0.25, 0.3) is 0 Å². The number of aromatic amines is 1. The van der Waals surface area contributed by atoms with Crippen molar-refractivity contribution in [2.45, 2.75) is 11.0 Å². The number of nitrogens with zero attached hydrogens (tertiary/aromatic N) is 8. The van der Waals surface area contributed by atoms with Gasteiger partial charge in [-0.15, -0.1) is 0 Å². The average Bonchev–Trinajstić information content (AvgIpc) is 3.91. The summed E-state index contributed by atoms with van der Waals surface area (Å²) in [4.78, 5) is 28.4. The Hall–Kier alpha value is -6.22. The summed E-state index contributed by atoms with van der Waals surface area (Å²) in [5, 5.41) is 7.80. The second-order valence-electron chi connectivity index (χ2n) is 12.3. The van der Waals surface area contributed by atoms with Crippen LogP contribution in [0.3, 0.4) is 0 Å². The molecular formula is C38H27N9. The zero-order chi connectivity index (χ0) is 31.2. The third-order valence-corrected chi connectivity index (χ3v) is 10.3. The number of hydrogen-bond acceptors (Lipinski definition) is 8. The van der Waals surface area contributed by atoms with Crippen molar-refractivity contribution in [3.63, 3.8) is 0 Å². The first-order valence-electron chi connectivity index (χ1n) is 15.6. The molecule has 0 unspecified atom stereocenters. The van der Waals surface area contributed by atoms with Gasteiger partial charge in [0.2, 0.25) is 0 Å². The molecule has 0 saturated heterocycles. The molecule has 0 atom stereocenters. The summed E-state index contributed by atoms with van der Waals surface area (Å²) >= 11 is 0. The minimum absolute atomic E-state index is 0.629. The van der Waals surface area contributed by atoms with Crippen LogP contribution in [-0.2, 0) is 11.0 Å². The van der Waals surface area contributed by atoms with Crippen molar-refractivity contribution in [2.24, 2.45) is 0 Å². The molecule has 9 nitrogen and oxygen atoms in total. The molecule has 1 N–H and O–H groups in total. The van der Waals surface area contributed by atoms with E-state index >= 15 is 0 Å². The Labute approximate surface area is 270 Å². The maximum absolute atomic E-state index is 4.98. The number of pyridine rings is 5. The molecule has 1 aromatic carbocycles. The average molecular weight is 610 g/mol. The van der Waals surface area contributed by atoms with E-state index in [1.807, 2.05) is 68.0 Å². The van der Waals surface area contributed by atoms with Gasteiger partial charge in [0.15, 0.2) is 5.82 Å². The highest BCUT2D eigenvalue weighted by atomic mass is 15.4. The minimum Gasteiger partial charge on any atom is -0.354 e.